The minimum atomic E-state index is -0.599. The summed E-state index contributed by atoms with van der Waals surface area (Å²) in [5, 5.41) is 10.4. The molecule has 0 fully saturated rings. The van der Waals surface area contributed by atoms with Crippen LogP contribution in [0.2, 0.25) is 0 Å². The molecule has 0 saturated heterocycles. The highest BCUT2D eigenvalue weighted by atomic mass is 16.5. The number of aryl methyl sites for hydroxylation is 1. The van der Waals surface area contributed by atoms with Gasteiger partial charge in [0.25, 0.3) is 0 Å². The molecule has 0 saturated carbocycles. The SMILES string of the molecule is COCC(C)OC1CCc2ccc(OC)cc2C1O. The van der Waals surface area contributed by atoms with E-state index in [4.69, 9.17) is 14.2 Å². The van der Waals surface area contributed by atoms with E-state index in [-0.39, 0.29) is 12.2 Å². The van der Waals surface area contributed by atoms with Crippen molar-refractivity contribution in [2.45, 2.75) is 38.1 Å². The van der Waals surface area contributed by atoms with Gasteiger partial charge in [-0.3, -0.25) is 0 Å². The number of hydrogen-bond acceptors (Lipinski definition) is 4. The molecular formula is C15H22O4. The first kappa shape index (κ1) is 14.3. The minimum Gasteiger partial charge on any atom is -0.497 e. The summed E-state index contributed by atoms with van der Waals surface area (Å²) in [5.74, 6) is 0.767. The Labute approximate surface area is 114 Å². The van der Waals surface area contributed by atoms with E-state index >= 15 is 0 Å². The van der Waals surface area contributed by atoms with Gasteiger partial charge in [0.2, 0.25) is 0 Å². The fraction of sp³-hybridized carbons (Fsp3) is 0.600. The van der Waals surface area contributed by atoms with E-state index in [1.807, 2.05) is 25.1 Å². The van der Waals surface area contributed by atoms with E-state index < -0.39 is 6.10 Å². The summed E-state index contributed by atoms with van der Waals surface area (Å²) >= 11 is 0. The van der Waals surface area contributed by atoms with Crippen LogP contribution in [0.15, 0.2) is 18.2 Å². The Balaban J connectivity index is 2.11. The van der Waals surface area contributed by atoms with E-state index in [0.29, 0.717) is 6.61 Å². The summed E-state index contributed by atoms with van der Waals surface area (Å²) in [5.41, 5.74) is 2.09. The number of methoxy groups -OCH3 is 2. The third-order valence-electron chi connectivity index (χ3n) is 3.53. The average Bonchev–Trinajstić information content (AvgIpc) is 2.42. The van der Waals surface area contributed by atoms with Gasteiger partial charge < -0.3 is 19.3 Å². The molecule has 19 heavy (non-hydrogen) atoms. The van der Waals surface area contributed by atoms with Gasteiger partial charge >= 0.3 is 0 Å². The van der Waals surface area contributed by atoms with E-state index in [0.717, 1.165) is 24.2 Å². The van der Waals surface area contributed by atoms with Crippen molar-refractivity contribution in [3.63, 3.8) is 0 Å². The monoisotopic (exact) mass is 266 g/mol. The zero-order chi connectivity index (χ0) is 13.8. The largest absolute Gasteiger partial charge is 0.497 e. The molecule has 0 spiro atoms. The molecule has 4 heteroatoms. The molecule has 1 aromatic rings. The number of hydrogen-bond donors (Lipinski definition) is 1. The highest BCUT2D eigenvalue weighted by Gasteiger charge is 2.30. The Bertz CT molecular complexity index is 419. The van der Waals surface area contributed by atoms with Gasteiger partial charge in [-0.2, -0.15) is 0 Å². The van der Waals surface area contributed by atoms with Crippen LogP contribution in [0.3, 0.4) is 0 Å². The van der Waals surface area contributed by atoms with Crippen LogP contribution in [0.4, 0.5) is 0 Å². The predicted molar refractivity (Wildman–Crippen MR) is 72.5 cm³/mol. The van der Waals surface area contributed by atoms with E-state index in [9.17, 15) is 5.11 Å². The summed E-state index contributed by atoms with van der Waals surface area (Å²) in [6, 6.07) is 5.85. The van der Waals surface area contributed by atoms with Gasteiger partial charge in [0.05, 0.1) is 25.9 Å². The normalized spacial score (nSPS) is 23.8. The van der Waals surface area contributed by atoms with Crippen LogP contribution in [0.5, 0.6) is 5.75 Å². The van der Waals surface area contributed by atoms with Crippen LogP contribution in [-0.4, -0.2) is 38.1 Å². The van der Waals surface area contributed by atoms with Gasteiger partial charge in [-0.1, -0.05) is 6.07 Å². The smallest absolute Gasteiger partial charge is 0.119 e. The molecule has 0 aromatic heterocycles. The second kappa shape index (κ2) is 6.37. The van der Waals surface area contributed by atoms with Gasteiger partial charge in [-0.05, 0) is 43.0 Å². The van der Waals surface area contributed by atoms with Crippen molar-refractivity contribution in [1.82, 2.24) is 0 Å². The van der Waals surface area contributed by atoms with Gasteiger partial charge in [0.1, 0.15) is 11.9 Å². The molecule has 3 unspecified atom stereocenters. The van der Waals surface area contributed by atoms with Gasteiger partial charge in [-0.15, -0.1) is 0 Å². The molecular weight excluding hydrogens is 244 g/mol. The topological polar surface area (TPSA) is 47.9 Å². The fourth-order valence-corrected chi connectivity index (χ4v) is 2.57. The lowest BCUT2D eigenvalue weighted by atomic mass is 9.87. The highest BCUT2D eigenvalue weighted by molar-refractivity contribution is 5.39. The third-order valence-corrected chi connectivity index (χ3v) is 3.53. The summed E-state index contributed by atoms with van der Waals surface area (Å²) in [4.78, 5) is 0. The fourth-order valence-electron chi connectivity index (χ4n) is 2.57. The van der Waals surface area contributed by atoms with Crippen LogP contribution in [0.1, 0.15) is 30.6 Å². The second-order valence-corrected chi connectivity index (χ2v) is 4.99. The molecule has 1 N–H and O–H groups in total. The Morgan fingerprint density at radius 1 is 1.37 bits per heavy atom. The maximum Gasteiger partial charge on any atom is 0.119 e. The predicted octanol–water partition coefficient (Wildman–Crippen LogP) is 2.09. The van der Waals surface area contributed by atoms with Crippen molar-refractivity contribution in [3.05, 3.63) is 29.3 Å². The maximum atomic E-state index is 10.4. The van der Waals surface area contributed by atoms with Crippen LogP contribution in [0, 0.1) is 0 Å². The maximum absolute atomic E-state index is 10.4. The summed E-state index contributed by atoms with van der Waals surface area (Å²) in [7, 11) is 3.28. The number of benzene rings is 1. The number of aliphatic hydroxyl groups is 1. The second-order valence-electron chi connectivity index (χ2n) is 4.99. The van der Waals surface area contributed by atoms with Crippen LogP contribution in [0.25, 0.3) is 0 Å². The minimum absolute atomic E-state index is 0.0168. The zero-order valence-electron chi connectivity index (χ0n) is 11.8. The lowest BCUT2D eigenvalue weighted by Gasteiger charge is -2.32. The molecule has 0 heterocycles. The molecule has 1 aromatic carbocycles. The quantitative estimate of drug-likeness (QED) is 0.886. The van der Waals surface area contributed by atoms with Crippen molar-refractivity contribution in [2.75, 3.05) is 20.8 Å². The van der Waals surface area contributed by atoms with Crippen LogP contribution in [-0.2, 0) is 15.9 Å². The van der Waals surface area contributed by atoms with Crippen molar-refractivity contribution >= 4 is 0 Å². The molecule has 3 atom stereocenters. The van der Waals surface area contributed by atoms with Gasteiger partial charge in [0, 0.05) is 7.11 Å². The molecule has 4 nitrogen and oxygen atoms in total. The first-order valence-electron chi connectivity index (χ1n) is 6.65. The molecule has 0 aliphatic heterocycles. The number of fused-ring (bicyclic) bond motifs is 1. The molecule has 1 aliphatic carbocycles. The first-order valence-corrected chi connectivity index (χ1v) is 6.65. The molecule has 0 bridgehead atoms. The van der Waals surface area contributed by atoms with E-state index in [1.165, 1.54) is 5.56 Å². The van der Waals surface area contributed by atoms with Gasteiger partial charge in [0.15, 0.2) is 0 Å². The van der Waals surface area contributed by atoms with Crippen molar-refractivity contribution < 1.29 is 19.3 Å². The Kier molecular flexibility index (Phi) is 4.80. The zero-order valence-corrected chi connectivity index (χ0v) is 11.8. The van der Waals surface area contributed by atoms with E-state index in [1.54, 1.807) is 14.2 Å². The standard InChI is InChI=1S/C15H22O4/c1-10(9-17-2)19-14-7-5-11-4-6-12(18-3)8-13(11)15(14)16/h4,6,8,10,14-16H,5,7,9H2,1-3H3. The molecule has 106 valence electrons. The number of aliphatic hydroxyl groups excluding tert-OH is 1. The molecule has 0 radical (unpaired) electrons. The summed E-state index contributed by atoms with van der Waals surface area (Å²) in [6.45, 7) is 2.49. The Morgan fingerprint density at radius 3 is 2.84 bits per heavy atom. The number of rotatable bonds is 5. The lowest BCUT2D eigenvalue weighted by molar-refractivity contribution is -0.0977. The van der Waals surface area contributed by atoms with E-state index in [2.05, 4.69) is 0 Å². The molecule has 2 rings (SSSR count). The lowest BCUT2D eigenvalue weighted by Crippen LogP contribution is -2.32. The van der Waals surface area contributed by atoms with Crippen molar-refractivity contribution in [3.8, 4) is 5.75 Å². The van der Waals surface area contributed by atoms with Crippen LogP contribution < -0.4 is 4.74 Å². The Hall–Kier alpha value is -1.10. The molecule has 0 amide bonds. The number of ether oxygens (including phenoxy) is 3. The summed E-state index contributed by atoms with van der Waals surface area (Å²) < 4.78 is 16.1. The average molecular weight is 266 g/mol. The van der Waals surface area contributed by atoms with Crippen molar-refractivity contribution in [2.24, 2.45) is 0 Å². The van der Waals surface area contributed by atoms with Crippen LogP contribution >= 0.6 is 0 Å². The first-order chi connectivity index (χ1) is 9.15. The third kappa shape index (κ3) is 3.26. The highest BCUT2D eigenvalue weighted by Crippen LogP contribution is 2.34. The molecule has 1 aliphatic rings. The Morgan fingerprint density at radius 2 is 2.16 bits per heavy atom. The van der Waals surface area contributed by atoms with Gasteiger partial charge in [-0.25, -0.2) is 0 Å². The van der Waals surface area contributed by atoms with Crippen molar-refractivity contribution in [1.29, 1.82) is 0 Å². The summed E-state index contributed by atoms with van der Waals surface area (Å²) in [6.07, 6.45) is 0.953.